The number of fused-ring (bicyclic) bond motifs is 1. The van der Waals surface area contributed by atoms with Crippen molar-refractivity contribution in [2.45, 2.75) is 25.7 Å². The van der Waals surface area contributed by atoms with Gasteiger partial charge in [0, 0.05) is 17.5 Å². The van der Waals surface area contributed by atoms with Crippen LogP contribution in [0.2, 0.25) is 0 Å². The highest BCUT2D eigenvalue weighted by atomic mass is 19.2. The van der Waals surface area contributed by atoms with E-state index in [1.165, 1.54) is 6.07 Å². The van der Waals surface area contributed by atoms with E-state index in [1.807, 2.05) is 0 Å². The molecule has 1 aromatic heterocycles. The third kappa shape index (κ3) is 2.80. The lowest BCUT2D eigenvalue weighted by Crippen LogP contribution is -2.21. The van der Waals surface area contributed by atoms with Gasteiger partial charge in [0.05, 0.1) is 5.52 Å². The quantitative estimate of drug-likeness (QED) is 0.922. The molecule has 0 saturated heterocycles. The molecule has 2 atom stereocenters. The van der Waals surface area contributed by atoms with Crippen molar-refractivity contribution in [2.24, 2.45) is 0 Å². The van der Waals surface area contributed by atoms with Crippen LogP contribution in [0.25, 0.3) is 10.9 Å². The van der Waals surface area contributed by atoms with Crippen LogP contribution in [-0.2, 0) is 6.42 Å². The molecule has 1 heterocycles. The minimum atomic E-state index is -2.14. The van der Waals surface area contributed by atoms with E-state index >= 15 is 0 Å². The van der Waals surface area contributed by atoms with Crippen molar-refractivity contribution in [2.75, 3.05) is 6.67 Å². The summed E-state index contributed by atoms with van der Waals surface area (Å²) in [6, 6.07) is 6.35. The molecule has 0 aliphatic rings. The summed E-state index contributed by atoms with van der Waals surface area (Å²) < 4.78 is 38.7. The average Bonchev–Trinajstić information content (AvgIpc) is 2.37. The summed E-state index contributed by atoms with van der Waals surface area (Å²) in [6.45, 7) is 0.372. The molecule has 0 amide bonds. The highest BCUT2D eigenvalue weighted by molar-refractivity contribution is 5.88. The van der Waals surface area contributed by atoms with E-state index in [0.717, 1.165) is 0 Å². The molecule has 0 radical (unpaired) electrons. The molecule has 0 spiro atoms. The van der Waals surface area contributed by atoms with Gasteiger partial charge in [0.2, 0.25) is 0 Å². The first-order valence-electron chi connectivity index (χ1n) is 5.95. The summed E-state index contributed by atoms with van der Waals surface area (Å²) in [4.78, 5) is 4.22. The molecule has 1 N–H and O–H groups in total. The Morgan fingerprint density at radius 1 is 1.26 bits per heavy atom. The molecule has 2 rings (SSSR count). The van der Waals surface area contributed by atoms with Gasteiger partial charge >= 0.3 is 0 Å². The maximum atomic E-state index is 13.6. The van der Waals surface area contributed by atoms with E-state index in [1.54, 1.807) is 25.1 Å². The maximum Gasteiger partial charge on any atom is 0.160 e. The Morgan fingerprint density at radius 3 is 2.68 bits per heavy atom. The van der Waals surface area contributed by atoms with Gasteiger partial charge in [0.15, 0.2) is 6.17 Å². The van der Waals surface area contributed by atoms with Crippen LogP contribution in [0.4, 0.5) is 13.2 Å². The first-order valence-corrected chi connectivity index (χ1v) is 5.95. The van der Waals surface area contributed by atoms with Crippen LogP contribution in [0.1, 0.15) is 11.3 Å². The zero-order chi connectivity index (χ0) is 14.0. The van der Waals surface area contributed by atoms with Crippen LogP contribution in [0.3, 0.4) is 0 Å². The number of hydrogen-bond acceptors (Lipinski definition) is 2. The smallest absolute Gasteiger partial charge is 0.160 e. The molecule has 5 heteroatoms. The first-order chi connectivity index (χ1) is 9.02. The monoisotopic (exact) mass is 269 g/mol. The van der Waals surface area contributed by atoms with Crippen molar-refractivity contribution >= 4 is 10.9 Å². The van der Waals surface area contributed by atoms with Gasteiger partial charge in [0.1, 0.15) is 18.6 Å². The summed E-state index contributed by atoms with van der Waals surface area (Å²) >= 11 is 0. The van der Waals surface area contributed by atoms with Gasteiger partial charge in [-0.1, -0.05) is 6.07 Å². The van der Waals surface area contributed by atoms with Gasteiger partial charge in [-0.15, -0.1) is 0 Å². The van der Waals surface area contributed by atoms with Crippen LogP contribution in [0, 0.1) is 6.92 Å². The Morgan fingerprint density at radius 2 is 2.00 bits per heavy atom. The highest BCUT2D eigenvalue weighted by Gasteiger charge is 2.22. The third-order valence-corrected chi connectivity index (χ3v) is 2.98. The lowest BCUT2D eigenvalue weighted by Gasteiger charge is -2.13. The van der Waals surface area contributed by atoms with Gasteiger partial charge in [-0.25, -0.2) is 13.2 Å². The zero-order valence-corrected chi connectivity index (χ0v) is 10.4. The van der Waals surface area contributed by atoms with Crippen LogP contribution in [0.15, 0.2) is 24.3 Å². The number of pyridine rings is 1. The molecule has 1 aromatic carbocycles. The fraction of sp³-hybridized carbons (Fsp3) is 0.357. The molecule has 0 saturated carbocycles. The first kappa shape index (κ1) is 13.6. The predicted octanol–water partition coefficient (Wildman–Crippen LogP) is 3.44. The standard InChI is InChI=1S/C14H14F3NO/c1-8-5-9(6-10(16)11(17)7-15)14-12(18-8)3-2-4-13(14)19/h2-5,10-11,19H,6-7H2,1H3. The number of phenols is 1. The van der Waals surface area contributed by atoms with Gasteiger partial charge in [-0.05, 0) is 30.7 Å². The number of phenolic OH excluding ortho intramolecular Hbond substituents is 1. The Kier molecular flexibility index (Phi) is 3.93. The number of alkyl halides is 3. The summed E-state index contributed by atoms with van der Waals surface area (Å²) in [5.74, 6) is -0.0390. The van der Waals surface area contributed by atoms with Crippen LogP contribution in [0.5, 0.6) is 5.75 Å². The molecule has 0 bridgehead atoms. The highest BCUT2D eigenvalue weighted by Crippen LogP contribution is 2.29. The van der Waals surface area contributed by atoms with E-state index in [-0.39, 0.29) is 12.2 Å². The van der Waals surface area contributed by atoms with Gasteiger partial charge in [-0.3, -0.25) is 4.98 Å². The fourth-order valence-electron chi connectivity index (χ4n) is 2.09. The second kappa shape index (κ2) is 5.47. The second-order valence-corrected chi connectivity index (χ2v) is 4.48. The second-order valence-electron chi connectivity index (χ2n) is 4.48. The number of aromatic nitrogens is 1. The Bertz CT molecular complexity index is 588. The Labute approximate surface area is 108 Å². The van der Waals surface area contributed by atoms with Crippen molar-refractivity contribution in [1.82, 2.24) is 4.98 Å². The van der Waals surface area contributed by atoms with E-state index in [4.69, 9.17) is 0 Å². The van der Waals surface area contributed by atoms with Crippen LogP contribution in [-0.4, -0.2) is 29.1 Å². The van der Waals surface area contributed by atoms with E-state index < -0.39 is 19.0 Å². The molecular weight excluding hydrogens is 255 g/mol. The van der Waals surface area contributed by atoms with E-state index in [2.05, 4.69) is 4.98 Å². The average molecular weight is 269 g/mol. The molecule has 2 unspecified atom stereocenters. The van der Waals surface area contributed by atoms with Crippen LogP contribution >= 0.6 is 0 Å². The number of nitrogens with zero attached hydrogens (tertiary/aromatic N) is 1. The maximum absolute atomic E-state index is 13.6. The van der Waals surface area contributed by atoms with Crippen molar-refractivity contribution in [1.29, 1.82) is 0 Å². The van der Waals surface area contributed by atoms with Gasteiger partial charge in [-0.2, -0.15) is 0 Å². The minimum absolute atomic E-state index is 0.0390. The van der Waals surface area contributed by atoms with Gasteiger partial charge < -0.3 is 5.11 Å². The number of aromatic hydroxyl groups is 1. The molecule has 102 valence electrons. The Balaban J connectivity index is 2.47. The zero-order valence-electron chi connectivity index (χ0n) is 10.4. The fourth-order valence-corrected chi connectivity index (χ4v) is 2.09. The number of halogens is 3. The molecule has 19 heavy (non-hydrogen) atoms. The lowest BCUT2D eigenvalue weighted by atomic mass is 10.00. The van der Waals surface area contributed by atoms with E-state index in [9.17, 15) is 18.3 Å². The SMILES string of the molecule is Cc1cc(CC(F)C(F)CF)c2c(O)cccc2n1. The topological polar surface area (TPSA) is 33.1 Å². The largest absolute Gasteiger partial charge is 0.507 e. The summed E-state index contributed by atoms with van der Waals surface area (Å²) in [7, 11) is 0. The number of hydrogen-bond donors (Lipinski definition) is 1. The molecule has 0 aliphatic carbocycles. The summed E-state index contributed by atoms with van der Waals surface area (Å²) in [6.07, 6.45) is -4.37. The molecule has 0 fully saturated rings. The molecular formula is C14H14F3NO. The number of aryl methyl sites for hydroxylation is 1. The van der Waals surface area contributed by atoms with Gasteiger partial charge in [0.25, 0.3) is 0 Å². The van der Waals surface area contributed by atoms with Crippen molar-refractivity contribution in [3.8, 4) is 5.75 Å². The van der Waals surface area contributed by atoms with Crippen molar-refractivity contribution in [3.05, 3.63) is 35.5 Å². The minimum Gasteiger partial charge on any atom is -0.507 e. The Hall–Kier alpha value is -1.78. The molecule has 0 aliphatic heterocycles. The molecule has 2 aromatic rings. The normalized spacial score (nSPS) is 14.5. The van der Waals surface area contributed by atoms with Crippen molar-refractivity contribution < 1.29 is 18.3 Å². The van der Waals surface area contributed by atoms with E-state index in [0.29, 0.717) is 22.2 Å². The van der Waals surface area contributed by atoms with Crippen molar-refractivity contribution in [3.63, 3.8) is 0 Å². The molecule has 2 nitrogen and oxygen atoms in total. The lowest BCUT2D eigenvalue weighted by molar-refractivity contribution is 0.137. The van der Waals surface area contributed by atoms with Crippen LogP contribution < -0.4 is 0 Å². The number of rotatable bonds is 4. The number of benzene rings is 1. The third-order valence-electron chi connectivity index (χ3n) is 2.98. The summed E-state index contributed by atoms with van der Waals surface area (Å²) in [5, 5.41) is 10.2. The predicted molar refractivity (Wildman–Crippen MR) is 67.6 cm³/mol. The summed E-state index contributed by atoms with van der Waals surface area (Å²) in [5.41, 5.74) is 1.58.